The van der Waals surface area contributed by atoms with Crippen LogP contribution in [0.25, 0.3) is 0 Å². The molecule has 0 aromatic rings. The second-order valence-corrected chi connectivity index (χ2v) is 32.1. The Labute approximate surface area is 613 Å². The van der Waals surface area contributed by atoms with E-state index < -0.39 is 97.5 Å². The number of unbranched alkanes of at least 4 members (excludes halogenated alkanes) is 56. The van der Waals surface area contributed by atoms with Gasteiger partial charge in [-0.25, -0.2) is 9.13 Å². The summed E-state index contributed by atoms with van der Waals surface area (Å²) < 4.78 is 68.7. The number of carbonyl (C=O) groups is 4. The van der Waals surface area contributed by atoms with Crippen LogP contribution in [-0.2, 0) is 65.4 Å². The summed E-state index contributed by atoms with van der Waals surface area (Å²) in [4.78, 5) is 73.0. The normalized spacial score (nSPS) is 13.8. The quantitative estimate of drug-likeness (QED) is 0.0222. The van der Waals surface area contributed by atoms with Gasteiger partial charge in [0, 0.05) is 25.7 Å². The lowest BCUT2D eigenvalue weighted by molar-refractivity contribution is -0.161. The first kappa shape index (κ1) is 98.1. The molecule has 3 N–H and O–H groups in total. The molecule has 0 aliphatic heterocycles. The number of ether oxygens (including phenoxy) is 4. The third kappa shape index (κ3) is 74.3. The van der Waals surface area contributed by atoms with Gasteiger partial charge in [0.1, 0.15) is 19.3 Å². The molecular formula is C81H158O17P2. The van der Waals surface area contributed by atoms with Crippen LogP contribution in [-0.4, -0.2) is 96.7 Å². The zero-order valence-electron chi connectivity index (χ0n) is 65.2. The molecule has 0 saturated carbocycles. The second kappa shape index (κ2) is 75.3. The Balaban J connectivity index is 5.22. The highest BCUT2D eigenvalue weighted by atomic mass is 31.2. The summed E-state index contributed by atoms with van der Waals surface area (Å²) in [5.74, 6) is -2.10. The maximum atomic E-state index is 13.1. The van der Waals surface area contributed by atoms with Gasteiger partial charge in [-0.15, -0.1) is 0 Å². The van der Waals surface area contributed by atoms with Crippen LogP contribution in [0.4, 0.5) is 0 Å². The Morgan fingerprint density at radius 1 is 0.240 bits per heavy atom. The molecule has 0 aliphatic rings. The molecule has 0 radical (unpaired) electrons. The van der Waals surface area contributed by atoms with E-state index in [9.17, 15) is 43.2 Å². The van der Waals surface area contributed by atoms with Gasteiger partial charge in [-0.2, -0.15) is 0 Å². The van der Waals surface area contributed by atoms with Gasteiger partial charge in [0.05, 0.1) is 26.4 Å². The van der Waals surface area contributed by atoms with E-state index in [2.05, 4.69) is 27.7 Å². The fourth-order valence-electron chi connectivity index (χ4n) is 12.6. The average molecular weight is 1470 g/mol. The molecule has 0 saturated heterocycles. The molecule has 0 aliphatic carbocycles. The molecule has 0 aromatic heterocycles. The molecule has 0 aromatic carbocycles. The first-order valence-electron chi connectivity index (χ1n) is 42.3. The van der Waals surface area contributed by atoms with Crippen LogP contribution in [0.5, 0.6) is 0 Å². The predicted octanol–water partition coefficient (Wildman–Crippen LogP) is 24.6. The number of phosphoric acid groups is 2. The molecule has 0 rings (SSSR count). The molecule has 17 nitrogen and oxygen atoms in total. The van der Waals surface area contributed by atoms with Crippen molar-refractivity contribution < 1.29 is 80.2 Å². The summed E-state index contributed by atoms with van der Waals surface area (Å²) in [7, 11) is -9.92. The zero-order valence-corrected chi connectivity index (χ0v) is 67.0. The van der Waals surface area contributed by atoms with Crippen LogP contribution in [0.1, 0.15) is 439 Å². The third-order valence-corrected chi connectivity index (χ3v) is 21.0. The van der Waals surface area contributed by atoms with Gasteiger partial charge in [0.15, 0.2) is 12.2 Å². The van der Waals surface area contributed by atoms with Crippen LogP contribution in [0.2, 0.25) is 0 Å². The summed E-state index contributed by atoms with van der Waals surface area (Å²) in [6, 6.07) is 0. The van der Waals surface area contributed by atoms with Crippen molar-refractivity contribution in [2.24, 2.45) is 0 Å². The van der Waals surface area contributed by atoms with Crippen LogP contribution in [0, 0.1) is 0 Å². The first-order chi connectivity index (χ1) is 48.7. The Morgan fingerprint density at radius 2 is 0.400 bits per heavy atom. The Morgan fingerprint density at radius 3 is 0.590 bits per heavy atom. The van der Waals surface area contributed by atoms with Gasteiger partial charge >= 0.3 is 39.5 Å². The monoisotopic (exact) mass is 1470 g/mol. The van der Waals surface area contributed by atoms with Crippen molar-refractivity contribution >= 4 is 39.5 Å². The molecule has 0 amide bonds. The highest BCUT2D eigenvalue weighted by Crippen LogP contribution is 2.45. The molecule has 0 heterocycles. The second-order valence-electron chi connectivity index (χ2n) is 29.2. The van der Waals surface area contributed by atoms with E-state index in [-0.39, 0.29) is 25.7 Å². The molecule has 594 valence electrons. The lowest BCUT2D eigenvalue weighted by atomic mass is 10.0. The van der Waals surface area contributed by atoms with Gasteiger partial charge in [-0.05, 0) is 25.7 Å². The number of phosphoric ester groups is 2. The minimum atomic E-state index is -4.96. The molecule has 2 unspecified atom stereocenters. The van der Waals surface area contributed by atoms with Crippen LogP contribution in [0.15, 0.2) is 0 Å². The fraction of sp³-hybridized carbons (Fsp3) is 0.951. The molecule has 0 fully saturated rings. The van der Waals surface area contributed by atoms with Gasteiger partial charge in [0.25, 0.3) is 0 Å². The topological polar surface area (TPSA) is 237 Å². The van der Waals surface area contributed by atoms with Gasteiger partial charge < -0.3 is 33.8 Å². The minimum Gasteiger partial charge on any atom is -0.462 e. The van der Waals surface area contributed by atoms with Crippen LogP contribution >= 0.6 is 15.6 Å². The van der Waals surface area contributed by atoms with Crippen molar-refractivity contribution in [3.8, 4) is 0 Å². The molecule has 100 heavy (non-hydrogen) atoms. The first-order valence-corrected chi connectivity index (χ1v) is 45.3. The number of aliphatic hydroxyl groups excluding tert-OH is 1. The lowest BCUT2D eigenvalue weighted by Gasteiger charge is -2.21. The van der Waals surface area contributed by atoms with E-state index in [0.29, 0.717) is 25.7 Å². The highest BCUT2D eigenvalue weighted by Gasteiger charge is 2.30. The van der Waals surface area contributed by atoms with E-state index in [1.807, 2.05) is 0 Å². The molecule has 19 heteroatoms. The molecular weight excluding hydrogens is 1310 g/mol. The molecule has 0 bridgehead atoms. The predicted molar refractivity (Wildman–Crippen MR) is 409 cm³/mol. The number of hydrogen-bond acceptors (Lipinski definition) is 15. The van der Waals surface area contributed by atoms with Crippen molar-refractivity contribution in [3.05, 3.63) is 0 Å². The summed E-state index contributed by atoms with van der Waals surface area (Å²) in [6.07, 6.45) is 67.9. The van der Waals surface area contributed by atoms with E-state index >= 15 is 0 Å². The molecule has 0 spiro atoms. The van der Waals surface area contributed by atoms with Crippen LogP contribution < -0.4 is 0 Å². The average Bonchev–Trinajstić information content (AvgIpc) is 0.934. The van der Waals surface area contributed by atoms with Crippen molar-refractivity contribution in [2.75, 3.05) is 39.6 Å². The third-order valence-electron chi connectivity index (χ3n) is 19.1. The largest absolute Gasteiger partial charge is 0.472 e. The van der Waals surface area contributed by atoms with E-state index in [0.717, 1.165) is 89.9 Å². The summed E-state index contributed by atoms with van der Waals surface area (Å²) >= 11 is 0. The number of rotatable bonds is 82. The Bertz CT molecular complexity index is 1890. The maximum Gasteiger partial charge on any atom is 0.472 e. The van der Waals surface area contributed by atoms with E-state index in [1.165, 1.54) is 270 Å². The highest BCUT2D eigenvalue weighted by molar-refractivity contribution is 7.47. The van der Waals surface area contributed by atoms with Gasteiger partial charge in [-0.1, -0.05) is 387 Å². The van der Waals surface area contributed by atoms with Gasteiger partial charge in [-0.3, -0.25) is 37.3 Å². The van der Waals surface area contributed by atoms with E-state index in [1.54, 1.807) is 0 Å². The molecule has 5 atom stereocenters. The van der Waals surface area contributed by atoms with Crippen molar-refractivity contribution in [3.63, 3.8) is 0 Å². The zero-order chi connectivity index (χ0) is 73.2. The Hall–Kier alpha value is -1.94. The number of aliphatic hydroxyl groups is 1. The maximum absolute atomic E-state index is 13.1. The van der Waals surface area contributed by atoms with Crippen LogP contribution in [0.3, 0.4) is 0 Å². The van der Waals surface area contributed by atoms with Crippen molar-refractivity contribution in [1.29, 1.82) is 0 Å². The van der Waals surface area contributed by atoms with Crippen molar-refractivity contribution in [2.45, 2.75) is 457 Å². The summed E-state index contributed by atoms with van der Waals surface area (Å²) in [5.41, 5.74) is 0. The van der Waals surface area contributed by atoms with E-state index in [4.69, 9.17) is 37.0 Å². The lowest BCUT2D eigenvalue weighted by Crippen LogP contribution is -2.30. The Kier molecular flexibility index (Phi) is 73.8. The van der Waals surface area contributed by atoms with Crippen molar-refractivity contribution in [1.82, 2.24) is 0 Å². The SMILES string of the molecule is CCCCCCCCCCCCCCCCCCCCCCCC(=O)O[C@H](COC(=O)CCCCCCCCCCCCCCC)COP(=O)(O)OC[C@@H](O)COP(=O)(O)OC[C@@H](COC(=O)CCCCCCCCCCCCCCC)OC(=O)CCCCCCCCCCCCCCC. The van der Waals surface area contributed by atoms with Gasteiger partial charge in [0.2, 0.25) is 0 Å². The summed E-state index contributed by atoms with van der Waals surface area (Å²) in [5, 5.41) is 10.6. The fourth-order valence-corrected chi connectivity index (χ4v) is 14.2. The summed E-state index contributed by atoms with van der Waals surface area (Å²) in [6.45, 7) is 5.03. The number of hydrogen-bond donors (Lipinski definition) is 3. The number of esters is 4. The smallest absolute Gasteiger partial charge is 0.462 e. The minimum absolute atomic E-state index is 0.109. The standard InChI is InChI=1S/C81H158O17P2/c1-5-9-13-17-21-25-29-33-34-35-36-37-38-39-40-44-48-52-56-60-64-68-81(86)98-77(72-92-79(84)66-62-58-54-50-46-42-31-27-23-19-15-11-7-3)74-96-100(89,90)94-70-75(82)69-93-99(87,88)95-73-76(97-80(85)67-63-59-55-51-47-43-32-28-24-20-16-12-8-4)71-91-78(83)65-61-57-53-49-45-41-30-26-22-18-14-10-6-2/h75-77,82H,5-74H2,1-4H3,(H,87,88)(H,89,90)/t75-,76+,77+/m0/s1. The number of carbonyl (C=O) groups excluding carboxylic acids is 4.